The number of nitrogens with two attached hydrogens (primary N) is 1. The normalized spacial score (nSPS) is 10.6. The number of hydrogen-bond acceptors (Lipinski definition) is 4. The summed E-state index contributed by atoms with van der Waals surface area (Å²) in [5, 5.41) is 3.09. The number of nitrogens with one attached hydrogen (secondary N) is 1. The Morgan fingerprint density at radius 2 is 1.91 bits per heavy atom. The van der Waals surface area contributed by atoms with E-state index >= 15 is 0 Å². The van der Waals surface area contributed by atoms with Crippen molar-refractivity contribution in [1.29, 1.82) is 0 Å². The number of carbonyl (C=O) groups excluding carboxylic acids is 1. The third kappa shape index (κ3) is 2.44. The van der Waals surface area contributed by atoms with Gasteiger partial charge in [0.2, 0.25) is 5.91 Å². The lowest BCUT2D eigenvalue weighted by atomic mass is 10.1. The predicted molar refractivity (Wildman–Crippen MR) is 86.6 cm³/mol. The largest absolute Gasteiger partial charge is 0.456 e. The Hall–Kier alpha value is -3.08. The minimum atomic E-state index is -0.216. The van der Waals surface area contributed by atoms with Gasteiger partial charge in [0.05, 0.1) is 11.1 Å². The molecule has 0 bridgehead atoms. The highest BCUT2D eigenvalue weighted by Crippen LogP contribution is 2.29. The highest BCUT2D eigenvalue weighted by atomic mass is 16.3. The molecule has 1 amide bonds. The molecule has 3 rings (SSSR count). The summed E-state index contributed by atoms with van der Waals surface area (Å²) >= 11 is 0. The van der Waals surface area contributed by atoms with Crippen LogP contribution in [-0.4, -0.2) is 5.91 Å². The summed E-state index contributed by atoms with van der Waals surface area (Å²) in [7, 11) is 0. The first-order valence-electron chi connectivity index (χ1n) is 6.75. The molecule has 0 radical (unpaired) electrons. The van der Waals surface area contributed by atoms with Crippen LogP contribution in [0.25, 0.3) is 22.3 Å². The first-order valence-corrected chi connectivity index (χ1v) is 6.75. The summed E-state index contributed by atoms with van der Waals surface area (Å²) < 4.78 is 5.80. The van der Waals surface area contributed by atoms with Gasteiger partial charge in [-0.3, -0.25) is 9.59 Å². The zero-order chi connectivity index (χ0) is 15.7. The van der Waals surface area contributed by atoms with E-state index in [-0.39, 0.29) is 11.3 Å². The maximum Gasteiger partial charge on any atom is 0.221 e. The molecule has 0 saturated heterocycles. The summed E-state index contributed by atoms with van der Waals surface area (Å²) in [5.41, 5.74) is 7.63. The van der Waals surface area contributed by atoms with Gasteiger partial charge in [0.25, 0.3) is 0 Å². The first-order chi connectivity index (χ1) is 10.6. The maximum atomic E-state index is 12.3. The smallest absolute Gasteiger partial charge is 0.221 e. The summed E-state index contributed by atoms with van der Waals surface area (Å²) in [4.78, 5) is 23.6. The van der Waals surface area contributed by atoms with Gasteiger partial charge < -0.3 is 15.5 Å². The van der Waals surface area contributed by atoms with E-state index in [0.717, 1.165) is 0 Å². The fourth-order valence-corrected chi connectivity index (χ4v) is 2.37. The van der Waals surface area contributed by atoms with Crippen LogP contribution in [0.4, 0.5) is 11.4 Å². The van der Waals surface area contributed by atoms with E-state index in [1.807, 2.05) is 6.07 Å². The highest BCUT2D eigenvalue weighted by Gasteiger charge is 2.12. The van der Waals surface area contributed by atoms with Gasteiger partial charge in [0.15, 0.2) is 5.43 Å². The molecule has 0 aliphatic heterocycles. The first kappa shape index (κ1) is 13.9. The van der Waals surface area contributed by atoms with Crippen molar-refractivity contribution in [3.63, 3.8) is 0 Å². The van der Waals surface area contributed by atoms with Crippen LogP contribution in [0.1, 0.15) is 6.92 Å². The number of carbonyl (C=O) groups is 1. The molecule has 22 heavy (non-hydrogen) atoms. The maximum absolute atomic E-state index is 12.3. The van der Waals surface area contributed by atoms with Crippen molar-refractivity contribution in [1.82, 2.24) is 0 Å². The van der Waals surface area contributed by atoms with E-state index in [1.165, 1.54) is 13.0 Å². The SMILES string of the molecule is CC(=O)Nc1ccccc1-c1cc(=O)c2c(N)cccc2o1. The van der Waals surface area contributed by atoms with Crippen LogP contribution in [0.15, 0.2) is 57.7 Å². The molecule has 0 aliphatic carbocycles. The quantitative estimate of drug-likeness (QED) is 0.711. The molecule has 0 atom stereocenters. The monoisotopic (exact) mass is 294 g/mol. The van der Waals surface area contributed by atoms with Gasteiger partial charge in [-0.1, -0.05) is 18.2 Å². The topological polar surface area (TPSA) is 85.3 Å². The van der Waals surface area contributed by atoms with Gasteiger partial charge in [0.1, 0.15) is 11.3 Å². The molecule has 0 spiro atoms. The minimum Gasteiger partial charge on any atom is -0.456 e. The Morgan fingerprint density at radius 3 is 2.68 bits per heavy atom. The average molecular weight is 294 g/mol. The number of hydrogen-bond donors (Lipinski definition) is 2. The molecule has 0 fully saturated rings. The Morgan fingerprint density at radius 1 is 1.14 bits per heavy atom. The van der Waals surface area contributed by atoms with Crippen molar-refractivity contribution < 1.29 is 9.21 Å². The third-order valence-corrected chi connectivity index (χ3v) is 3.29. The molecule has 0 unspecified atom stereocenters. The third-order valence-electron chi connectivity index (χ3n) is 3.29. The molecule has 3 aromatic rings. The summed E-state index contributed by atoms with van der Waals surface area (Å²) in [6.45, 7) is 1.42. The van der Waals surface area contributed by atoms with Gasteiger partial charge in [-0.15, -0.1) is 0 Å². The molecule has 2 aromatic carbocycles. The minimum absolute atomic E-state index is 0.195. The molecule has 1 aromatic heterocycles. The van der Waals surface area contributed by atoms with Gasteiger partial charge >= 0.3 is 0 Å². The van der Waals surface area contributed by atoms with Crippen LogP contribution < -0.4 is 16.5 Å². The van der Waals surface area contributed by atoms with Crippen molar-refractivity contribution in [3.8, 4) is 11.3 Å². The van der Waals surface area contributed by atoms with E-state index in [1.54, 1.807) is 36.4 Å². The molecule has 3 N–H and O–H groups in total. The zero-order valence-electron chi connectivity index (χ0n) is 11.9. The molecule has 5 heteroatoms. The van der Waals surface area contributed by atoms with Crippen molar-refractivity contribution in [2.75, 3.05) is 11.1 Å². The fraction of sp³-hybridized carbons (Fsp3) is 0.0588. The van der Waals surface area contributed by atoms with Gasteiger partial charge in [-0.05, 0) is 24.3 Å². The molecule has 1 heterocycles. The average Bonchev–Trinajstić information content (AvgIpc) is 2.47. The zero-order valence-corrected chi connectivity index (χ0v) is 11.9. The predicted octanol–water partition coefficient (Wildman–Crippen LogP) is 3.00. The number of rotatable bonds is 2. The Balaban J connectivity index is 2.24. The van der Waals surface area contributed by atoms with Crippen molar-refractivity contribution >= 4 is 28.3 Å². The fourth-order valence-electron chi connectivity index (χ4n) is 2.37. The van der Waals surface area contributed by atoms with Crippen molar-refractivity contribution in [2.45, 2.75) is 6.92 Å². The Bertz CT molecular complexity index is 929. The number of para-hydroxylation sites is 1. The number of amides is 1. The summed E-state index contributed by atoms with van der Waals surface area (Å²) in [6, 6.07) is 13.6. The summed E-state index contributed by atoms with van der Waals surface area (Å²) in [6.07, 6.45) is 0. The Kier molecular flexibility index (Phi) is 3.39. The van der Waals surface area contributed by atoms with Crippen molar-refractivity contribution in [3.05, 3.63) is 58.8 Å². The van der Waals surface area contributed by atoms with E-state index in [2.05, 4.69) is 5.32 Å². The lowest BCUT2D eigenvalue weighted by molar-refractivity contribution is -0.114. The van der Waals surface area contributed by atoms with E-state index in [4.69, 9.17) is 10.2 Å². The molecule has 5 nitrogen and oxygen atoms in total. The molecule has 0 saturated carbocycles. The van der Waals surface area contributed by atoms with Crippen LogP contribution in [0.3, 0.4) is 0 Å². The number of fused-ring (bicyclic) bond motifs is 1. The number of benzene rings is 2. The second kappa shape index (κ2) is 5.37. The highest BCUT2D eigenvalue weighted by molar-refractivity contribution is 5.94. The lowest BCUT2D eigenvalue weighted by Crippen LogP contribution is -2.08. The summed E-state index contributed by atoms with van der Waals surface area (Å²) in [5.74, 6) is 0.187. The second-order valence-electron chi connectivity index (χ2n) is 4.92. The van der Waals surface area contributed by atoms with E-state index in [0.29, 0.717) is 33.7 Å². The lowest BCUT2D eigenvalue weighted by Gasteiger charge is -2.10. The van der Waals surface area contributed by atoms with Gasteiger partial charge in [-0.25, -0.2) is 0 Å². The molecule has 0 aliphatic rings. The van der Waals surface area contributed by atoms with Crippen LogP contribution in [0.5, 0.6) is 0 Å². The van der Waals surface area contributed by atoms with Crippen LogP contribution in [0, 0.1) is 0 Å². The van der Waals surface area contributed by atoms with Crippen LogP contribution in [0.2, 0.25) is 0 Å². The van der Waals surface area contributed by atoms with E-state index in [9.17, 15) is 9.59 Å². The molecule has 110 valence electrons. The van der Waals surface area contributed by atoms with Crippen molar-refractivity contribution in [2.24, 2.45) is 0 Å². The Labute approximate surface area is 126 Å². The van der Waals surface area contributed by atoms with E-state index < -0.39 is 0 Å². The molecular weight excluding hydrogens is 280 g/mol. The molecular formula is C17H14N2O3. The number of anilines is 2. The van der Waals surface area contributed by atoms with Crippen LogP contribution in [-0.2, 0) is 4.79 Å². The van der Waals surface area contributed by atoms with Crippen LogP contribution >= 0.6 is 0 Å². The standard InChI is InChI=1S/C17H14N2O3/c1-10(20)19-13-7-3-2-5-11(13)16-9-14(21)17-12(18)6-4-8-15(17)22-16/h2-9H,18H2,1H3,(H,19,20). The number of nitrogen functional groups attached to an aromatic ring is 1. The van der Waals surface area contributed by atoms with Gasteiger partial charge in [0, 0.05) is 24.2 Å². The second-order valence-corrected chi connectivity index (χ2v) is 4.92. The van der Waals surface area contributed by atoms with Gasteiger partial charge in [-0.2, -0.15) is 0 Å².